The monoisotopic (exact) mass is 305 g/mol. The second-order valence-electron chi connectivity index (χ2n) is 4.52. The van der Waals surface area contributed by atoms with Gasteiger partial charge in [0.25, 0.3) is 0 Å². The SMILES string of the molecule is CCNCc1cccc(Cl)c1OCCOc1ccccc1. The molecule has 0 amide bonds. The highest BCUT2D eigenvalue weighted by Gasteiger charge is 2.08. The minimum atomic E-state index is 0.456. The fourth-order valence-electron chi connectivity index (χ4n) is 1.93. The molecular weight excluding hydrogens is 286 g/mol. The molecule has 0 radical (unpaired) electrons. The van der Waals surface area contributed by atoms with Crippen molar-refractivity contribution in [1.82, 2.24) is 5.32 Å². The summed E-state index contributed by atoms with van der Waals surface area (Å²) in [6.07, 6.45) is 0. The molecule has 0 fully saturated rings. The number of ether oxygens (including phenoxy) is 2. The normalized spacial score (nSPS) is 10.4. The van der Waals surface area contributed by atoms with Crippen LogP contribution >= 0.6 is 11.6 Å². The van der Waals surface area contributed by atoms with Gasteiger partial charge >= 0.3 is 0 Å². The molecule has 2 aromatic rings. The maximum absolute atomic E-state index is 6.21. The van der Waals surface area contributed by atoms with Crippen LogP contribution in [0.3, 0.4) is 0 Å². The zero-order valence-corrected chi connectivity index (χ0v) is 12.9. The first-order chi connectivity index (χ1) is 10.3. The van der Waals surface area contributed by atoms with Gasteiger partial charge in [-0.2, -0.15) is 0 Å². The van der Waals surface area contributed by atoms with Gasteiger partial charge in [0, 0.05) is 12.1 Å². The van der Waals surface area contributed by atoms with Gasteiger partial charge in [0.15, 0.2) is 0 Å². The van der Waals surface area contributed by atoms with E-state index in [4.69, 9.17) is 21.1 Å². The van der Waals surface area contributed by atoms with Gasteiger partial charge in [-0.05, 0) is 24.7 Å². The van der Waals surface area contributed by atoms with E-state index in [9.17, 15) is 0 Å². The van der Waals surface area contributed by atoms with Gasteiger partial charge in [-0.1, -0.05) is 48.9 Å². The Morgan fingerprint density at radius 1 is 0.952 bits per heavy atom. The predicted octanol–water partition coefficient (Wildman–Crippen LogP) is 3.91. The van der Waals surface area contributed by atoms with Crippen LogP contribution in [-0.2, 0) is 6.54 Å². The molecule has 0 aliphatic heterocycles. The Kier molecular flexibility index (Phi) is 6.38. The molecule has 1 N–H and O–H groups in total. The summed E-state index contributed by atoms with van der Waals surface area (Å²) in [5.41, 5.74) is 1.06. The summed E-state index contributed by atoms with van der Waals surface area (Å²) >= 11 is 6.21. The standard InChI is InChI=1S/C17H20ClNO2/c1-2-19-13-14-7-6-10-16(18)17(14)21-12-11-20-15-8-4-3-5-9-15/h3-10,19H,2,11-13H2,1H3. The van der Waals surface area contributed by atoms with E-state index < -0.39 is 0 Å². The first kappa shape index (κ1) is 15.7. The van der Waals surface area contributed by atoms with E-state index in [1.807, 2.05) is 48.5 Å². The minimum Gasteiger partial charge on any atom is -0.490 e. The largest absolute Gasteiger partial charge is 0.490 e. The first-order valence-electron chi connectivity index (χ1n) is 7.10. The van der Waals surface area contributed by atoms with Crippen molar-refractivity contribution in [3.63, 3.8) is 0 Å². The maximum atomic E-state index is 6.21. The second-order valence-corrected chi connectivity index (χ2v) is 4.93. The van der Waals surface area contributed by atoms with Gasteiger partial charge < -0.3 is 14.8 Å². The molecule has 0 aliphatic carbocycles. The summed E-state index contributed by atoms with van der Waals surface area (Å²) in [5.74, 6) is 1.57. The number of nitrogens with one attached hydrogen (secondary N) is 1. The summed E-state index contributed by atoms with van der Waals surface area (Å²) in [4.78, 5) is 0. The van der Waals surface area contributed by atoms with Gasteiger partial charge in [-0.25, -0.2) is 0 Å². The topological polar surface area (TPSA) is 30.5 Å². The summed E-state index contributed by atoms with van der Waals surface area (Å²) in [6.45, 7) is 4.65. The van der Waals surface area contributed by atoms with E-state index in [1.165, 1.54) is 0 Å². The van der Waals surface area contributed by atoms with E-state index in [1.54, 1.807) is 0 Å². The number of halogens is 1. The Morgan fingerprint density at radius 2 is 1.71 bits per heavy atom. The Balaban J connectivity index is 1.87. The van der Waals surface area contributed by atoms with Crippen molar-refractivity contribution in [3.8, 4) is 11.5 Å². The van der Waals surface area contributed by atoms with Gasteiger partial charge in [0.05, 0.1) is 5.02 Å². The zero-order valence-electron chi connectivity index (χ0n) is 12.1. The molecule has 2 rings (SSSR count). The van der Waals surface area contributed by atoms with Crippen LogP contribution in [0.25, 0.3) is 0 Å². The lowest BCUT2D eigenvalue weighted by Gasteiger charge is -2.14. The third-order valence-electron chi connectivity index (χ3n) is 2.96. The third-order valence-corrected chi connectivity index (χ3v) is 3.25. The third kappa shape index (κ3) is 4.96. The van der Waals surface area contributed by atoms with Crippen molar-refractivity contribution < 1.29 is 9.47 Å². The number of benzene rings is 2. The lowest BCUT2D eigenvalue weighted by atomic mass is 10.2. The summed E-state index contributed by atoms with van der Waals surface area (Å²) in [6, 6.07) is 15.5. The molecule has 0 bridgehead atoms. The van der Waals surface area contributed by atoms with Crippen LogP contribution < -0.4 is 14.8 Å². The summed E-state index contributed by atoms with van der Waals surface area (Å²) < 4.78 is 11.4. The highest BCUT2D eigenvalue weighted by atomic mass is 35.5. The Bertz CT molecular complexity index is 546. The molecule has 112 valence electrons. The van der Waals surface area contributed by atoms with E-state index in [-0.39, 0.29) is 0 Å². The lowest BCUT2D eigenvalue weighted by Crippen LogP contribution is -2.15. The van der Waals surface area contributed by atoms with Gasteiger partial charge in [-0.15, -0.1) is 0 Å². The van der Waals surface area contributed by atoms with Crippen molar-refractivity contribution in [1.29, 1.82) is 0 Å². The van der Waals surface area contributed by atoms with E-state index >= 15 is 0 Å². The number of rotatable bonds is 8. The van der Waals surface area contributed by atoms with Crippen molar-refractivity contribution in [3.05, 3.63) is 59.1 Å². The molecule has 0 saturated heterocycles. The predicted molar refractivity (Wildman–Crippen MR) is 86.3 cm³/mol. The van der Waals surface area contributed by atoms with E-state index in [2.05, 4.69) is 12.2 Å². The quantitative estimate of drug-likeness (QED) is 0.750. The van der Waals surface area contributed by atoms with Crippen LogP contribution in [0, 0.1) is 0 Å². The van der Waals surface area contributed by atoms with Gasteiger partial charge in [0.2, 0.25) is 0 Å². The van der Waals surface area contributed by atoms with Crippen LogP contribution in [0.2, 0.25) is 5.02 Å². The van der Waals surface area contributed by atoms with Crippen LogP contribution in [0.4, 0.5) is 0 Å². The molecule has 2 aromatic carbocycles. The molecule has 3 nitrogen and oxygen atoms in total. The molecule has 0 aromatic heterocycles. The molecule has 0 atom stereocenters. The number of para-hydroxylation sites is 2. The molecular formula is C17H20ClNO2. The maximum Gasteiger partial charge on any atom is 0.142 e. The van der Waals surface area contributed by atoms with Crippen molar-refractivity contribution in [2.75, 3.05) is 19.8 Å². The molecule has 21 heavy (non-hydrogen) atoms. The highest BCUT2D eigenvalue weighted by Crippen LogP contribution is 2.28. The Hall–Kier alpha value is -1.71. The molecule has 0 heterocycles. The van der Waals surface area contributed by atoms with Crippen LogP contribution in [-0.4, -0.2) is 19.8 Å². The minimum absolute atomic E-state index is 0.456. The summed E-state index contributed by atoms with van der Waals surface area (Å²) in [7, 11) is 0. The number of hydrogen-bond donors (Lipinski definition) is 1. The van der Waals surface area contributed by atoms with E-state index in [0.29, 0.717) is 18.2 Å². The fraction of sp³-hybridized carbons (Fsp3) is 0.294. The van der Waals surface area contributed by atoms with E-state index in [0.717, 1.165) is 30.2 Å². The van der Waals surface area contributed by atoms with Crippen molar-refractivity contribution in [2.45, 2.75) is 13.5 Å². The lowest BCUT2D eigenvalue weighted by molar-refractivity contribution is 0.216. The van der Waals surface area contributed by atoms with Crippen LogP contribution in [0.1, 0.15) is 12.5 Å². The summed E-state index contributed by atoms with van der Waals surface area (Å²) in [5, 5.41) is 3.91. The van der Waals surface area contributed by atoms with Crippen LogP contribution in [0.5, 0.6) is 11.5 Å². The average Bonchev–Trinajstić information content (AvgIpc) is 2.52. The van der Waals surface area contributed by atoms with Gasteiger partial charge in [-0.3, -0.25) is 0 Å². The average molecular weight is 306 g/mol. The smallest absolute Gasteiger partial charge is 0.142 e. The molecule has 4 heteroatoms. The zero-order chi connectivity index (χ0) is 14.9. The van der Waals surface area contributed by atoms with Crippen LogP contribution in [0.15, 0.2) is 48.5 Å². The molecule has 0 unspecified atom stereocenters. The Morgan fingerprint density at radius 3 is 2.48 bits per heavy atom. The van der Waals surface area contributed by atoms with Crippen molar-refractivity contribution >= 4 is 11.6 Å². The number of hydrogen-bond acceptors (Lipinski definition) is 3. The molecule has 0 spiro atoms. The van der Waals surface area contributed by atoms with Crippen molar-refractivity contribution in [2.24, 2.45) is 0 Å². The second kappa shape index (κ2) is 8.55. The highest BCUT2D eigenvalue weighted by molar-refractivity contribution is 6.32. The Labute approximate surface area is 130 Å². The molecule has 0 saturated carbocycles. The molecule has 0 aliphatic rings. The first-order valence-corrected chi connectivity index (χ1v) is 7.48. The van der Waals surface area contributed by atoms with Gasteiger partial charge in [0.1, 0.15) is 24.7 Å². The fourth-order valence-corrected chi connectivity index (χ4v) is 2.18.